The number of amides is 1. The van der Waals surface area contributed by atoms with Crippen molar-refractivity contribution in [2.75, 3.05) is 26.5 Å². The second-order valence-corrected chi connectivity index (χ2v) is 5.80. The van der Waals surface area contributed by atoms with E-state index < -0.39 is 0 Å². The van der Waals surface area contributed by atoms with Gasteiger partial charge in [-0.3, -0.25) is 4.79 Å². The zero-order valence-corrected chi connectivity index (χ0v) is 14.8. The van der Waals surface area contributed by atoms with Crippen molar-refractivity contribution in [3.8, 4) is 5.75 Å². The zero-order valence-electron chi connectivity index (χ0n) is 14.0. The van der Waals surface area contributed by atoms with E-state index in [2.05, 4.69) is 10.6 Å². The Bertz CT molecular complexity index is 714. The molecule has 126 valence electrons. The Hall–Kier alpha value is -2.60. The van der Waals surface area contributed by atoms with Gasteiger partial charge in [-0.15, -0.1) is 0 Å². The Kier molecular flexibility index (Phi) is 6.14. The van der Waals surface area contributed by atoms with Gasteiger partial charge >= 0.3 is 0 Å². The molecule has 24 heavy (non-hydrogen) atoms. The van der Waals surface area contributed by atoms with E-state index in [0.29, 0.717) is 17.2 Å². The van der Waals surface area contributed by atoms with E-state index in [9.17, 15) is 4.79 Å². The van der Waals surface area contributed by atoms with E-state index in [-0.39, 0.29) is 5.91 Å². The summed E-state index contributed by atoms with van der Waals surface area (Å²) < 4.78 is 5.31. The summed E-state index contributed by atoms with van der Waals surface area (Å²) in [6.45, 7) is 0.563. The van der Waals surface area contributed by atoms with Gasteiger partial charge in [0.2, 0.25) is 0 Å². The molecule has 0 saturated carbocycles. The molecule has 0 aliphatic carbocycles. The number of hydrogen-bond donors (Lipinski definition) is 2. The highest BCUT2D eigenvalue weighted by molar-refractivity contribution is 7.80. The first-order chi connectivity index (χ1) is 11.5. The molecule has 0 aliphatic rings. The van der Waals surface area contributed by atoms with Crippen LogP contribution in [0.4, 0.5) is 5.69 Å². The molecule has 0 bridgehead atoms. The fourth-order valence-electron chi connectivity index (χ4n) is 2.15. The largest absolute Gasteiger partial charge is 0.496 e. The van der Waals surface area contributed by atoms with Crippen LogP contribution in [0.1, 0.15) is 15.9 Å². The van der Waals surface area contributed by atoms with Crippen molar-refractivity contribution in [1.29, 1.82) is 0 Å². The minimum atomic E-state index is -0.0292. The summed E-state index contributed by atoms with van der Waals surface area (Å²) in [5.41, 5.74) is 2.48. The smallest absolute Gasteiger partial charge is 0.253 e. The van der Waals surface area contributed by atoms with Crippen LogP contribution in [0, 0.1) is 0 Å². The number of benzene rings is 2. The first-order valence-corrected chi connectivity index (χ1v) is 7.90. The van der Waals surface area contributed by atoms with Crippen LogP contribution in [0.2, 0.25) is 0 Å². The van der Waals surface area contributed by atoms with Crippen LogP contribution < -0.4 is 15.4 Å². The number of nitrogens with one attached hydrogen (secondary N) is 2. The third-order valence-electron chi connectivity index (χ3n) is 3.43. The first kappa shape index (κ1) is 17.7. The van der Waals surface area contributed by atoms with E-state index in [0.717, 1.165) is 17.0 Å². The molecule has 0 spiro atoms. The Labute approximate surface area is 147 Å². The number of rotatable bonds is 5. The summed E-state index contributed by atoms with van der Waals surface area (Å²) in [6, 6.07) is 15.0. The fourth-order valence-corrected chi connectivity index (χ4v) is 2.34. The standard InChI is InChI=1S/C18H21N3O2S/c1-21(2)17(22)13-8-10-15(11-9-13)20-18(24)19-12-14-6-4-5-7-16(14)23-3/h4-11H,12H2,1-3H3,(H2,19,20,24). The minimum absolute atomic E-state index is 0.0292. The number of carbonyl (C=O) groups excluding carboxylic acids is 1. The molecule has 6 heteroatoms. The fraction of sp³-hybridized carbons (Fsp3) is 0.222. The number of ether oxygens (including phenoxy) is 1. The van der Waals surface area contributed by atoms with E-state index in [4.69, 9.17) is 17.0 Å². The van der Waals surface area contributed by atoms with Gasteiger partial charge in [-0.05, 0) is 42.5 Å². The second-order valence-electron chi connectivity index (χ2n) is 5.40. The molecule has 0 heterocycles. The van der Waals surface area contributed by atoms with Crippen LogP contribution in [-0.2, 0) is 6.54 Å². The molecule has 0 saturated heterocycles. The van der Waals surface area contributed by atoms with Crippen LogP contribution in [-0.4, -0.2) is 37.1 Å². The van der Waals surface area contributed by atoms with Crippen LogP contribution in [0.15, 0.2) is 48.5 Å². The lowest BCUT2D eigenvalue weighted by Gasteiger charge is -2.13. The molecule has 2 aromatic carbocycles. The van der Waals surface area contributed by atoms with Crippen molar-refractivity contribution >= 4 is 28.9 Å². The number of methoxy groups -OCH3 is 1. The SMILES string of the molecule is COc1ccccc1CNC(=S)Nc1ccc(C(=O)N(C)C)cc1. The Balaban J connectivity index is 1.91. The lowest BCUT2D eigenvalue weighted by Crippen LogP contribution is -2.28. The van der Waals surface area contributed by atoms with Gasteiger partial charge in [0, 0.05) is 37.5 Å². The van der Waals surface area contributed by atoms with Gasteiger partial charge in [0.15, 0.2) is 5.11 Å². The monoisotopic (exact) mass is 343 g/mol. The van der Waals surface area contributed by atoms with E-state index in [1.807, 2.05) is 36.4 Å². The van der Waals surface area contributed by atoms with E-state index in [1.165, 1.54) is 0 Å². The number of carbonyl (C=O) groups is 1. The van der Waals surface area contributed by atoms with Gasteiger partial charge in [-0.1, -0.05) is 18.2 Å². The normalized spacial score (nSPS) is 9.96. The highest BCUT2D eigenvalue weighted by Crippen LogP contribution is 2.17. The number of thiocarbonyl (C=S) groups is 1. The van der Waals surface area contributed by atoms with Gasteiger partial charge in [-0.25, -0.2) is 0 Å². The van der Waals surface area contributed by atoms with Crippen molar-refractivity contribution < 1.29 is 9.53 Å². The van der Waals surface area contributed by atoms with Crippen LogP contribution in [0.3, 0.4) is 0 Å². The molecule has 0 aromatic heterocycles. The summed E-state index contributed by atoms with van der Waals surface area (Å²) in [6.07, 6.45) is 0. The molecular formula is C18H21N3O2S. The number of hydrogen-bond acceptors (Lipinski definition) is 3. The first-order valence-electron chi connectivity index (χ1n) is 7.49. The molecule has 0 radical (unpaired) electrons. The average Bonchev–Trinajstić information content (AvgIpc) is 2.60. The molecular weight excluding hydrogens is 322 g/mol. The Morgan fingerprint density at radius 3 is 2.42 bits per heavy atom. The molecule has 0 atom stereocenters. The lowest BCUT2D eigenvalue weighted by atomic mass is 10.2. The predicted octanol–water partition coefficient (Wildman–Crippen LogP) is 2.88. The average molecular weight is 343 g/mol. The summed E-state index contributed by atoms with van der Waals surface area (Å²) >= 11 is 5.30. The molecule has 0 aliphatic heterocycles. The van der Waals surface area contributed by atoms with E-state index in [1.54, 1.807) is 38.2 Å². The van der Waals surface area contributed by atoms with Crippen molar-refractivity contribution in [2.24, 2.45) is 0 Å². The molecule has 0 unspecified atom stereocenters. The molecule has 5 nitrogen and oxygen atoms in total. The maximum absolute atomic E-state index is 11.9. The Morgan fingerprint density at radius 2 is 1.79 bits per heavy atom. The minimum Gasteiger partial charge on any atom is -0.496 e. The molecule has 1 amide bonds. The maximum atomic E-state index is 11.9. The van der Waals surface area contributed by atoms with Crippen LogP contribution >= 0.6 is 12.2 Å². The number of para-hydroxylation sites is 1. The van der Waals surface area contributed by atoms with Crippen LogP contribution in [0.5, 0.6) is 5.75 Å². The van der Waals surface area contributed by atoms with Crippen molar-refractivity contribution in [3.05, 3.63) is 59.7 Å². The van der Waals surface area contributed by atoms with E-state index >= 15 is 0 Å². The second kappa shape index (κ2) is 8.31. The van der Waals surface area contributed by atoms with Gasteiger partial charge in [-0.2, -0.15) is 0 Å². The van der Waals surface area contributed by atoms with Crippen LogP contribution in [0.25, 0.3) is 0 Å². The highest BCUT2D eigenvalue weighted by atomic mass is 32.1. The van der Waals surface area contributed by atoms with Crippen molar-refractivity contribution in [2.45, 2.75) is 6.54 Å². The highest BCUT2D eigenvalue weighted by Gasteiger charge is 2.08. The predicted molar refractivity (Wildman–Crippen MR) is 101 cm³/mol. The number of nitrogens with zero attached hydrogens (tertiary/aromatic N) is 1. The topological polar surface area (TPSA) is 53.6 Å². The maximum Gasteiger partial charge on any atom is 0.253 e. The summed E-state index contributed by atoms with van der Waals surface area (Å²) in [4.78, 5) is 13.4. The third kappa shape index (κ3) is 4.70. The van der Waals surface area contributed by atoms with Gasteiger partial charge < -0.3 is 20.3 Å². The molecule has 2 rings (SSSR count). The van der Waals surface area contributed by atoms with Gasteiger partial charge in [0.25, 0.3) is 5.91 Å². The third-order valence-corrected chi connectivity index (χ3v) is 3.67. The summed E-state index contributed by atoms with van der Waals surface area (Å²) in [7, 11) is 5.10. The zero-order chi connectivity index (χ0) is 17.5. The molecule has 2 N–H and O–H groups in total. The van der Waals surface area contributed by atoms with Crippen molar-refractivity contribution in [3.63, 3.8) is 0 Å². The Morgan fingerprint density at radius 1 is 1.12 bits per heavy atom. The van der Waals surface area contributed by atoms with Gasteiger partial charge in [0.05, 0.1) is 7.11 Å². The molecule has 2 aromatic rings. The number of anilines is 1. The van der Waals surface area contributed by atoms with Crippen molar-refractivity contribution in [1.82, 2.24) is 10.2 Å². The summed E-state index contributed by atoms with van der Waals surface area (Å²) in [5, 5.41) is 6.75. The summed E-state index contributed by atoms with van der Waals surface area (Å²) in [5.74, 6) is 0.790. The van der Waals surface area contributed by atoms with Gasteiger partial charge in [0.1, 0.15) is 5.75 Å². The molecule has 0 fully saturated rings. The lowest BCUT2D eigenvalue weighted by molar-refractivity contribution is 0.0827. The quantitative estimate of drug-likeness (QED) is 0.818.